The van der Waals surface area contributed by atoms with Gasteiger partial charge in [-0.2, -0.15) is 0 Å². The number of nitrogens with one attached hydrogen (secondary N) is 1. The van der Waals surface area contributed by atoms with Crippen LogP contribution in [0, 0.1) is 0 Å². The largest absolute Gasteiger partial charge is 0.380 e. The number of hydrogen-bond donors (Lipinski definition) is 1. The van der Waals surface area contributed by atoms with Gasteiger partial charge >= 0.3 is 0 Å². The van der Waals surface area contributed by atoms with Crippen LogP contribution in [0.25, 0.3) is 0 Å². The predicted octanol–water partition coefficient (Wildman–Crippen LogP) is 3.65. The monoisotopic (exact) mass is 403 g/mol. The second-order valence-electron chi connectivity index (χ2n) is 3.14. The van der Waals surface area contributed by atoms with Gasteiger partial charge in [0.15, 0.2) is 0 Å². The van der Waals surface area contributed by atoms with E-state index >= 15 is 0 Å². The van der Waals surface area contributed by atoms with E-state index < -0.39 is 0 Å². The van der Waals surface area contributed by atoms with E-state index in [1.165, 1.54) is 11.3 Å². The SMILES string of the molecule is O=C(NCCCOCCCl)c1cc(Br)c(Br)s1. The summed E-state index contributed by atoms with van der Waals surface area (Å²) < 4.78 is 7.02. The number of hydrogen-bond acceptors (Lipinski definition) is 3. The van der Waals surface area contributed by atoms with Gasteiger partial charge in [-0.05, 0) is 44.3 Å². The molecule has 1 amide bonds. The topological polar surface area (TPSA) is 38.3 Å². The third-order valence-corrected chi connectivity index (χ3v) is 5.25. The van der Waals surface area contributed by atoms with Crippen LogP contribution >= 0.6 is 54.8 Å². The van der Waals surface area contributed by atoms with Crippen LogP contribution in [0.2, 0.25) is 0 Å². The molecule has 1 heterocycles. The first kappa shape index (κ1) is 15.4. The molecule has 0 aliphatic carbocycles. The summed E-state index contributed by atoms with van der Waals surface area (Å²) in [4.78, 5) is 12.4. The molecule has 1 N–H and O–H groups in total. The summed E-state index contributed by atoms with van der Waals surface area (Å²) in [6, 6.07) is 1.80. The lowest BCUT2D eigenvalue weighted by molar-refractivity contribution is 0.0948. The fourth-order valence-electron chi connectivity index (χ4n) is 1.08. The van der Waals surface area contributed by atoms with Crippen molar-refractivity contribution < 1.29 is 9.53 Å². The van der Waals surface area contributed by atoms with Crippen LogP contribution in [0.5, 0.6) is 0 Å². The highest BCUT2D eigenvalue weighted by atomic mass is 79.9. The Morgan fingerprint density at radius 1 is 1.47 bits per heavy atom. The van der Waals surface area contributed by atoms with Crippen LogP contribution in [-0.2, 0) is 4.74 Å². The van der Waals surface area contributed by atoms with Crippen molar-refractivity contribution in [1.29, 1.82) is 0 Å². The van der Waals surface area contributed by atoms with Crippen LogP contribution in [0.4, 0.5) is 0 Å². The minimum absolute atomic E-state index is 0.0567. The van der Waals surface area contributed by atoms with Crippen molar-refractivity contribution in [3.63, 3.8) is 0 Å². The van der Waals surface area contributed by atoms with Crippen LogP contribution < -0.4 is 5.32 Å². The van der Waals surface area contributed by atoms with Crippen LogP contribution in [0.1, 0.15) is 16.1 Å². The fourth-order valence-corrected chi connectivity index (χ4v) is 3.14. The Kier molecular flexibility index (Phi) is 7.70. The van der Waals surface area contributed by atoms with Gasteiger partial charge in [-0.25, -0.2) is 0 Å². The molecule has 0 spiro atoms. The van der Waals surface area contributed by atoms with Gasteiger partial charge in [-0.15, -0.1) is 22.9 Å². The average Bonchev–Trinajstić information content (AvgIpc) is 2.64. The average molecular weight is 406 g/mol. The van der Waals surface area contributed by atoms with Gasteiger partial charge in [0.05, 0.1) is 15.3 Å². The van der Waals surface area contributed by atoms with Crippen LogP contribution in [0.15, 0.2) is 14.3 Å². The highest BCUT2D eigenvalue weighted by Gasteiger charge is 2.10. The van der Waals surface area contributed by atoms with Gasteiger partial charge in [0.25, 0.3) is 5.91 Å². The molecule has 96 valence electrons. The standard InChI is InChI=1S/C10H12Br2ClNO2S/c11-7-6-8(17-9(7)12)10(15)14-3-1-4-16-5-2-13/h6H,1-5H2,(H,14,15). The molecule has 0 aliphatic rings. The quantitative estimate of drug-likeness (QED) is 0.556. The van der Waals surface area contributed by atoms with E-state index in [2.05, 4.69) is 37.2 Å². The van der Waals surface area contributed by atoms with Crippen LogP contribution in [0.3, 0.4) is 0 Å². The highest BCUT2D eigenvalue weighted by Crippen LogP contribution is 2.32. The van der Waals surface area contributed by atoms with Gasteiger partial charge in [0.1, 0.15) is 0 Å². The normalized spacial score (nSPS) is 10.5. The van der Waals surface area contributed by atoms with Gasteiger partial charge in [-0.3, -0.25) is 4.79 Å². The van der Waals surface area contributed by atoms with E-state index in [-0.39, 0.29) is 5.91 Å². The zero-order chi connectivity index (χ0) is 12.7. The lowest BCUT2D eigenvalue weighted by Crippen LogP contribution is -2.24. The van der Waals surface area contributed by atoms with Crippen molar-refractivity contribution >= 4 is 60.7 Å². The molecular weight excluding hydrogens is 393 g/mol. The Bertz CT molecular complexity index is 354. The van der Waals surface area contributed by atoms with E-state index in [1.54, 1.807) is 6.07 Å². The molecule has 0 saturated carbocycles. The molecule has 0 aliphatic heterocycles. The zero-order valence-corrected chi connectivity index (χ0v) is 13.7. The van der Waals surface area contributed by atoms with Crippen molar-refractivity contribution in [3.8, 4) is 0 Å². The molecule has 1 aromatic heterocycles. The molecule has 7 heteroatoms. The lowest BCUT2D eigenvalue weighted by Gasteiger charge is -2.03. The summed E-state index contributed by atoms with van der Waals surface area (Å²) in [6.45, 7) is 1.78. The Hall–Kier alpha value is 0.380. The van der Waals surface area contributed by atoms with E-state index in [9.17, 15) is 4.79 Å². The summed E-state index contributed by atoms with van der Waals surface area (Å²) in [5.74, 6) is 0.447. The van der Waals surface area contributed by atoms with Crippen molar-refractivity contribution in [3.05, 3.63) is 19.2 Å². The fraction of sp³-hybridized carbons (Fsp3) is 0.500. The minimum Gasteiger partial charge on any atom is -0.380 e. The molecule has 0 fully saturated rings. The van der Waals surface area contributed by atoms with E-state index in [1.807, 2.05) is 0 Å². The summed E-state index contributed by atoms with van der Waals surface area (Å²) in [6.07, 6.45) is 0.788. The van der Waals surface area contributed by atoms with E-state index in [0.29, 0.717) is 30.5 Å². The van der Waals surface area contributed by atoms with Gasteiger partial charge in [-0.1, -0.05) is 0 Å². The number of amides is 1. The zero-order valence-electron chi connectivity index (χ0n) is 8.97. The Morgan fingerprint density at radius 3 is 2.82 bits per heavy atom. The Labute approximate surface area is 126 Å². The van der Waals surface area contributed by atoms with Crippen molar-refractivity contribution in [2.24, 2.45) is 0 Å². The third-order valence-electron chi connectivity index (χ3n) is 1.84. The van der Waals surface area contributed by atoms with E-state index in [0.717, 1.165) is 14.7 Å². The maximum absolute atomic E-state index is 11.7. The van der Waals surface area contributed by atoms with Gasteiger partial charge in [0, 0.05) is 23.5 Å². The second-order valence-corrected chi connectivity index (χ2v) is 6.75. The summed E-state index contributed by atoms with van der Waals surface area (Å²) in [5.41, 5.74) is 0. The first-order valence-corrected chi connectivity index (χ1v) is 7.95. The molecule has 3 nitrogen and oxygen atoms in total. The van der Waals surface area contributed by atoms with Gasteiger partial charge in [0.2, 0.25) is 0 Å². The number of carbonyl (C=O) groups excluding carboxylic acids is 1. The number of alkyl halides is 1. The molecule has 0 aromatic carbocycles. The summed E-state index contributed by atoms with van der Waals surface area (Å²) in [5, 5.41) is 2.83. The van der Waals surface area contributed by atoms with Gasteiger partial charge < -0.3 is 10.1 Å². The van der Waals surface area contributed by atoms with Crippen molar-refractivity contribution in [2.75, 3.05) is 25.6 Å². The number of carbonyl (C=O) groups is 1. The maximum atomic E-state index is 11.7. The van der Waals surface area contributed by atoms with Crippen LogP contribution in [-0.4, -0.2) is 31.5 Å². The smallest absolute Gasteiger partial charge is 0.261 e. The molecule has 1 rings (SSSR count). The van der Waals surface area contributed by atoms with Crippen molar-refractivity contribution in [1.82, 2.24) is 5.32 Å². The molecule has 0 atom stereocenters. The molecule has 17 heavy (non-hydrogen) atoms. The summed E-state index contributed by atoms with van der Waals surface area (Å²) in [7, 11) is 0. The van der Waals surface area contributed by atoms with Crippen molar-refractivity contribution in [2.45, 2.75) is 6.42 Å². The molecule has 1 aromatic rings. The molecule has 0 bridgehead atoms. The second kappa shape index (κ2) is 8.48. The third kappa shape index (κ3) is 5.70. The molecular formula is C10H12Br2ClNO2S. The first-order chi connectivity index (χ1) is 8.15. The lowest BCUT2D eigenvalue weighted by atomic mass is 10.4. The first-order valence-electron chi connectivity index (χ1n) is 5.02. The number of thiophene rings is 1. The minimum atomic E-state index is -0.0567. The maximum Gasteiger partial charge on any atom is 0.261 e. The molecule has 0 unspecified atom stereocenters. The predicted molar refractivity (Wildman–Crippen MR) is 78.2 cm³/mol. The molecule has 0 saturated heterocycles. The Balaban J connectivity index is 2.21. The summed E-state index contributed by atoms with van der Waals surface area (Å²) >= 11 is 13.6. The number of ether oxygens (including phenoxy) is 1. The highest BCUT2D eigenvalue weighted by molar-refractivity contribution is 9.13. The Morgan fingerprint density at radius 2 is 2.24 bits per heavy atom. The number of halogens is 3. The van der Waals surface area contributed by atoms with E-state index in [4.69, 9.17) is 16.3 Å². The molecule has 0 radical (unpaired) electrons. The number of rotatable bonds is 7.